The van der Waals surface area contributed by atoms with Crippen molar-refractivity contribution in [2.24, 2.45) is 0 Å². The number of amides is 1. The van der Waals surface area contributed by atoms with Gasteiger partial charge in [0.05, 0.1) is 11.6 Å². The van der Waals surface area contributed by atoms with E-state index in [1.165, 1.54) is 5.39 Å². The van der Waals surface area contributed by atoms with Crippen LogP contribution >= 0.6 is 0 Å². The highest BCUT2D eigenvalue weighted by molar-refractivity contribution is 5.95. The molecule has 0 aliphatic heterocycles. The number of carbonyl (C=O) groups is 1. The second-order valence-corrected chi connectivity index (χ2v) is 6.07. The number of rotatable bonds is 3. The number of hydrogen-bond acceptors (Lipinski definition) is 3. The maximum absolute atomic E-state index is 12.5. The van der Waals surface area contributed by atoms with Crippen molar-refractivity contribution in [3.05, 3.63) is 84.3 Å². The fourth-order valence-electron chi connectivity index (χ4n) is 2.92. The van der Waals surface area contributed by atoms with Crippen molar-refractivity contribution in [2.45, 2.75) is 13.0 Å². The summed E-state index contributed by atoms with van der Waals surface area (Å²) < 4.78 is 0. The highest BCUT2D eigenvalue weighted by Crippen LogP contribution is 2.20. The van der Waals surface area contributed by atoms with Gasteiger partial charge in [0.15, 0.2) is 0 Å². The summed E-state index contributed by atoms with van der Waals surface area (Å²) in [6.45, 7) is 1.98. The van der Waals surface area contributed by atoms with E-state index in [0.717, 1.165) is 21.9 Å². The van der Waals surface area contributed by atoms with Crippen LogP contribution < -0.4 is 5.32 Å². The van der Waals surface area contributed by atoms with Crippen molar-refractivity contribution in [3.8, 4) is 0 Å². The third-order valence-corrected chi connectivity index (χ3v) is 4.34. The Labute approximate surface area is 145 Å². The molecule has 4 heteroatoms. The van der Waals surface area contributed by atoms with Crippen LogP contribution in [0, 0.1) is 0 Å². The van der Waals surface area contributed by atoms with Gasteiger partial charge in [-0.05, 0) is 47.5 Å². The quantitative estimate of drug-likeness (QED) is 0.611. The molecule has 4 rings (SSSR count). The van der Waals surface area contributed by atoms with Gasteiger partial charge in [0.25, 0.3) is 5.91 Å². The van der Waals surface area contributed by atoms with Crippen LogP contribution in [-0.2, 0) is 0 Å². The van der Waals surface area contributed by atoms with E-state index in [4.69, 9.17) is 0 Å². The lowest BCUT2D eigenvalue weighted by atomic mass is 10.0. The minimum Gasteiger partial charge on any atom is -0.344 e. The second-order valence-electron chi connectivity index (χ2n) is 6.07. The summed E-state index contributed by atoms with van der Waals surface area (Å²) in [5, 5.41) is 6.30. The Morgan fingerprint density at radius 2 is 1.76 bits per heavy atom. The number of fused-ring (bicyclic) bond motifs is 2. The first kappa shape index (κ1) is 15.3. The van der Waals surface area contributed by atoms with Crippen LogP contribution in [0.2, 0.25) is 0 Å². The Morgan fingerprint density at radius 3 is 2.64 bits per heavy atom. The van der Waals surface area contributed by atoms with Gasteiger partial charge in [-0.15, -0.1) is 0 Å². The van der Waals surface area contributed by atoms with Crippen LogP contribution in [0.3, 0.4) is 0 Å². The van der Waals surface area contributed by atoms with Crippen LogP contribution in [0.15, 0.2) is 73.1 Å². The number of aromatic nitrogens is 2. The van der Waals surface area contributed by atoms with Crippen molar-refractivity contribution >= 4 is 27.6 Å². The molecule has 25 heavy (non-hydrogen) atoms. The molecule has 2 aromatic heterocycles. The van der Waals surface area contributed by atoms with Gasteiger partial charge in [-0.25, -0.2) is 4.98 Å². The van der Waals surface area contributed by atoms with Crippen molar-refractivity contribution < 1.29 is 4.79 Å². The van der Waals surface area contributed by atoms with Crippen LogP contribution in [0.5, 0.6) is 0 Å². The molecule has 4 nitrogen and oxygen atoms in total. The summed E-state index contributed by atoms with van der Waals surface area (Å²) >= 11 is 0. The van der Waals surface area contributed by atoms with Gasteiger partial charge in [0.2, 0.25) is 0 Å². The third kappa shape index (κ3) is 3.06. The Kier molecular flexibility index (Phi) is 3.86. The van der Waals surface area contributed by atoms with Crippen molar-refractivity contribution in [1.82, 2.24) is 15.3 Å². The molecule has 2 heterocycles. The normalized spacial score (nSPS) is 12.2. The SMILES string of the molecule is C[C@@H](NC(=O)c1ccc2cnccc2n1)c1ccc2ccccc2c1. The Morgan fingerprint density at radius 1 is 0.960 bits per heavy atom. The van der Waals surface area contributed by atoms with E-state index in [1.807, 2.05) is 31.2 Å². The molecule has 0 radical (unpaired) electrons. The van der Waals surface area contributed by atoms with Crippen molar-refractivity contribution in [2.75, 3.05) is 0 Å². The topological polar surface area (TPSA) is 54.9 Å². The average Bonchev–Trinajstić information content (AvgIpc) is 2.67. The van der Waals surface area contributed by atoms with Gasteiger partial charge in [0.1, 0.15) is 5.69 Å². The van der Waals surface area contributed by atoms with Crippen molar-refractivity contribution in [1.29, 1.82) is 0 Å². The van der Waals surface area contributed by atoms with E-state index in [0.29, 0.717) is 5.69 Å². The molecule has 1 atom stereocenters. The number of hydrogen-bond donors (Lipinski definition) is 1. The first-order chi connectivity index (χ1) is 12.2. The Bertz CT molecular complexity index is 1070. The lowest BCUT2D eigenvalue weighted by Crippen LogP contribution is -2.27. The van der Waals surface area contributed by atoms with Crippen LogP contribution in [0.1, 0.15) is 29.0 Å². The van der Waals surface area contributed by atoms with Crippen molar-refractivity contribution in [3.63, 3.8) is 0 Å². The first-order valence-corrected chi connectivity index (χ1v) is 8.21. The maximum atomic E-state index is 12.5. The summed E-state index contributed by atoms with van der Waals surface area (Å²) in [4.78, 5) is 21.0. The van der Waals surface area contributed by atoms with Crippen LogP contribution in [0.25, 0.3) is 21.7 Å². The summed E-state index contributed by atoms with van der Waals surface area (Å²) in [5.74, 6) is -0.181. The molecule has 0 aliphatic carbocycles. The maximum Gasteiger partial charge on any atom is 0.270 e. The van der Waals surface area contributed by atoms with Gasteiger partial charge in [-0.3, -0.25) is 9.78 Å². The minimum absolute atomic E-state index is 0.105. The zero-order valence-electron chi connectivity index (χ0n) is 13.8. The van der Waals surface area contributed by atoms with Gasteiger partial charge in [-0.2, -0.15) is 0 Å². The molecule has 0 saturated heterocycles. The summed E-state index contributed by atoms with van der Waals surface area (Å²) in [5.41, 5.74) is 2.24. The summed E-state index contributed by atoms with van der Waals surface area (Å²) in [6.07, 6.45) is 3.41. The van der Waals surface area contributed by atoms with Gasteiger partial charge >= 0.3 is 0 Å². The van der Waals surface area contributed by atoms with E-state index < -0.39 is 0 Å². The molecule has 0 aliphatic rings. The molecule has 0 unspecified atom stereocenters. The fraction of sp³-hybridized carbons (Fsp3) is 0.0952. The number of benzene rings is 2. The Hall–Kier alpha value is -3.27. The largest absolute Gasteiger partial charge is 0.344 e. The zero-order chi connectivity index (χ0) is 17.2. The molecule has 4 aromatic rings. The molecule has 0 saturated carbocycles. The third-order valence-electron chi connectivity index (χ3n) is 4.34. The lowest BCUT2D eigenvalue weighted by molar-refractivity contribution is 0.0935. The van der Waals surface area contributed by atoms with Gasteiger partial charge in [-0.1, -0.05) is 36.4 Å². The predicted molar refractivity (Wildman–Crippen MR) is 99.4 cm³/mol. The second kappa shape index (κ2) is 6.32. The first-order valence-electron chi connectivity index (χ1n) is 8.21. The minimum atomic E-state index is -0.181. The molecule has 0 spiro atoms. The molecule has 122 valence electrons. The number of carbonyl (C=O) groups excluding carboxylic acids is 1. The van der Waals surface area contributed by atoms with E-state index in [-0.39, 0.29) is 11.9 Å². The number of pyridine rings is 2. The van der Waals surface area contributed by atoms with Gasteiger partial charge < -0.3 is 5.32 Å². The molecular weight excluding hydrogens is 310 g/mol. The summed E-state index contributed by atoms with van der Waals surface area (Å²) in [6, 6.07) is 19.7. The van der Waals surface area contributed by atoms with E-state index in [9.17, 15) is 4.79 Å². The smallest absolute Gasteiger partial charge is 0.270 e. The van der Waals surface area contributed by atoms with Crippen LogP contribution in [0.4, 0.5) is 0 Å². The van der Waals surface area contributed by atoms with E-state index >= 15 is 0 Å². The predicted octanol–water partition coefficient (Wildman–Crippen LogP) is 4.27. The average molecular weight is 327 g/mol. The highest BCUT2D eigenvalue weighted by atomic mass is 16.1. The molecule has 2 aromatic carbocycles. The van der Waals surface area contributed by atoms with E-state index in [2.05, 4.69) is 39.6 Å². The molecule has 0 fully saturated rings. The van der Waals surface area contributed by atoms with E-state index in [1.54, 1.807) is 24.5 Å². The molecule has 1 amide bonds. The Balaban J connectivity index is 1.57. The van der Waals surface area contributed by atoms with Gasteiger partial charge in [0, 0.05) is 17.8 Å². The monoisotopic (exact) mass is 327 g/mol. The molecule has 0 bridgehead atoms. The summed E-state index contributed by atoms with van der Waals surface area (Å²) in [7, 11) is 0. The fourth-order valence-corrected chi connectivity index (χ4v) is 2.92. The standard InChI is InChI=1S/C21H17N3O/c1-14(16-7-6-15-4-2-3-5-17(15)12-16)23-21(25)20-9-8-18-13-22-11-10-19(18)24-20/h2-14H,1H3,(H,23,25)/t14-/m1/s1. The number of nitrogens with one attached hydrogen (secondary N) is 1. The van der Waals surface area contributed by atoms with Crippen LogP contribution in [-0.4, -0.2) is 15.9 Å². The molecular formula is C21H17N3O. The zero-order valence-corrected chi connectivity index (χ0v) is 13.8. The lowest BCUT2D eigenvalue weighted by Gasteiger charge is -2.15. The number of nitrogens with zero attached hydrogens (tertiary/aromatic N) is 2. The highest BCUT2D eigenvalue weighted by Gasteiger charge is 2.13. The molecule has 1 N–H and O–H groups in total.